The van der Waals surface area contributed by atoms with Crippen LogP contribution in [-0.4, -0.2) is 27.3 Å². The van der Waals surface area contributed by atoms with Gasteiger partial charge in [-0.15, -0.1) is 0 Å². The molecule has 120 valence electrons. The van der Waals surface area contributed by atoms with Crippen LogP contribution in [0.2, 0.25) is 0 Å². The number of carboxylic acids is 2. The minimum absolute atomic E-state index is 0.0301. The number of rotatable bonds is 3. The first kappa shape index (κ1) is 16.5. The van der Waals surface area contributed by atoms with Gasteiger partial charge in [0, 0.05) is 0 Å². The van der Waals surface area contributed by atoms with E-state index in [0.717, 1.165) is 5.56 Å². The number of hydrogen-bond donors (Lipinski definition) is 3. The molecule has 2 aromatic rings. The van der Waals surface area contributed by atoms with Crippen LogP contribution < -0.4 is 0 Å². The molecule has 0 saturated carbocycles. The van der Waals surface area contributed by atoms with Gasteiger partial charge in [-0.05, 0) is 73.2 Å². The second-order valence-corrected chi connectivity index (χ2v) is 5.61. The second-order valence-electron chi connectivity index (χ2n) is 5.61. The number of carbonyl (C=O) groups is 2. The van der Waals surface area contributed by atoms with E-state index < -0.39 is 11.9 Å². The monoisotopic (exact) mass is 314 g/mol. The van der Waals surface area contributed by atoms with Crippen LogP contribution in [-0.2, 0) is 0 Å². The van der Waals surface area contributed by atoms with Crippen molar-refractivity contribution in [3.05, 3.63) is 51.6 Å². The van der Waals surface area contributed by atoms with Crippen molar-refractivity contribution in [2.24, 2.45) is 0 Å². The summed E-state index contributed by atoms with van der Waals surface area (Å²) in [5.74, 6) is -2.16. The average molecular weight is 314 g/mol. The van der Waals surface area contributed by atoms with Gasteiger partial charge in [-0.2, -0.15) is 0 Å². The zero-order valence-electron chi connectivity index (χ0n) is 13.4. The van der Waals surface area contributed by atoms with Gasteiger partial charge >= 0.3 is 11.9 Å². The summed E-state index contributed by atoms with van der Waals surface area (Å²) in [4.78, 5) is 22.9. The summed E-state index contributed by atoms with van der Waals surface area (Å²) in [7, 11) is 0. The average Bonchev–Trinajstić information content (AvgIpc) is 2.47. The predicted molar refractivity (Wildman–Crippen MR) is 86.4 cm³/mol. The fourth-order valence-electron chi connectivity index (χ4n) is 2.79. The molecule has 0 bridgehead atoms. The molecule has 0 aliphatic rings. The molecule has 5 nitrogen and oxygen atoms in total. The van der Waals surface area contributed by atoms with Crippen molar-refractivity contribution in [3.63, 3.8) is 0 Å². The molecule has 2 aromatic carbocycles. The van der Waals surface area contributed by atoms with Gasteiger partial charge in [-0.1, -0.05) is 6.07 Å². The summed E-state index contributed by atoms with van der Waals surface area (Å²) in [5, 5.41) is 28.8. The van der Waals surface area contributed by atoms with Crippen LogP contribution >= 0.6 is 0 Å². The molecule has 0 atom stereocenters. The Kier molecular flexibility index (Phi) is 4.14. The highest BCUT2D eigenvalue weighted by Gasteiger charge is 2.22. The molecule has 3 N–H and O–H groups in total. The number of aromatic hydroxyl groups is 1. The lowest BCUT2D eigenvalue weighted by Gasteiger charge is -2.17. The Morgan fingerprint density at radius 1 is 0.826 bits per heavy atom. The maximum atomic E-state index is 11.7. The predicted octanol–water partition coefficient (Wildman–Crippen LogP) is 3.69. The highest BCUT2D eigenvalue weighted by Crippen LogP contribution is 2.36. The fourth-order valence-corrected chi connectivity index (χ4v) is 2.79. The summed E-state index contributed by atoms with van der Waals surface area (Å²) in [6, 6.07) is 4.65. The van der Waals surface area contributed by atoms with Crippen molar-refractivity contribution in [2.75, 3.05) is 0 Å². The van der Waals surface area contributed by atoms with Gasteiger partial charge in [-0.3, -0.25) is 0 Å². The Bertz CT molecular complexity index is 834. The van der Waals surface area contributed by atoms with Gasteiger partial charge in [0.15, 0.2) is 0 Å². The topological polar surface area (TPSA) is 94.8 Å². The third kappa shape index (κ3) is 2.65. The maximum Gasteiger partial charge on any atom is 0.336 e. The standard InChI is InChI=1S/C18H18O5/c1-8-7-14(9(2)10(3)16(8)19)13-6-5-12(17(20)21)11(4)15(13)18(22)23/h5-7,19H,1-4H3,(H,20,21)(H,22,23). The molecule has 0 heterocycles. The molecule has 0 spiro atoms. The van der Waals surface area contributed by atoms with E-state index in [-0.39, 0.29) is 22.4 Å². The maximum absolute atomic E-state index is 11.7. The smallest absolute Gasteiger partial charge is 0.336 e. The Balaban J connectivity index is 2.88. The van der Waals surface area contributed by atoms with Gasteiger partial charge in [0.05, 0.1) is 11.1 Å². The molecule has 0 aliphatic heterocycles. The molecule has 0 saturated heterocycles. The quantitative estimate of drug-likeness (QED) is 0.803. The highest BCUT2D eigenvalue weighted by molar-refractivity contribution is 6.02. The van der Waals surface area contributed by atoms with E-state index >= 15 is 0 Å². The Morgan fingerprint density at radius 3 is 1.96 bits per heavy atom. The molecule has 0 aliphatic carbocycles. The first-order chi connectivity index (χ1) is 10.7. The zero-order chi connectivity index (χ0) is 17.5. The summed E-state index contributed by atoms with van der Waals surface area (Å²) in [5.41, 5.74) is 3.35. The second kappa shape index (κ2) is 5.76. The van der Waals surface area contributed by atoms with Crippen LogP contribution in [0.15, 0.2) is 18.2 Å². The van der Waals surface area contributed by atoms with Gasteiger partial charge in [0.2, 0.25) is 0 Å². The Morgan fingerprint density at radius 2 is 1.43 bits per heavy atom. The third-order valence-corrected chi connectivity index (χ3v) is 4.26. The van der Waals surface area contributed by atoms with Crippen LogP contribution in [0.5, 0.6) is 5.75 Å². The first-order valence-corrected chi connectivity index (χ1v) is 7.07. The van der Waals surface area contributed by atoms with E-state index in [1.54, 1.807) is 26.8 Å². The van der Waals surface area contributed by atoms with Crippen molar-refractivity contribution in [2.45, 2.75) is 27.7 Å². The number of phenolic OH excluding ortho intramolecular Hbond substituents is 1. The van der Waals surface area contributed by atoms with Crippen LogP contribution in [0.4, 0.5) is 0 Å². The summed E-state index contributed by atoms with van der Waals surface area (Å²) < 4.78 is 0. The normalized spacial score (nSPS) is 10.6. The lowest BCUT2D eigenvalue weighted by Crippen LogP contribution is -2.09. The molecule has 0 unspecified atom stereocenters. The van der Waals surface area contributed by atoms with E-state index in [4.69, 9.17) is 0 Å². The summed E-state index contributed by atoms with van der Waals surface area (Å²) >= 11 is 0. The van der Waals surface area contributed by atoms with Crippen molar-refractivity contribution in [3.8, 4) is 16.9 Å². The van der Waals surface area contributed by atoms with Gasteiger partial charge < -0.3 is 15.3 Å². The lowest BCUT2D eigenvalue weighted by molar-refractivity contribution is 0.0696. The molecule has 0 fully saturated rings. The molecule has 23 heavy (non-hydrogen) atoms. The number of hydrogen-bond acceptors (Lipinski definition) is 3. The SMILES string of the molecule is Cc1cc(-c2ccc(C(=O)O)c(C)c2C(=O)O)c(C)c(C)c1O. The minimum atomic E-state index is -1.18. The largest absolute Gasteiger partial charge is 0.507 e. The molecule has 0 amide bonds. The molecule has 0 aromatic heterocycles. The molecular weight excluding hydrogens is 296 g/mol. The minimum Gasteiger partial charge on any atom is -0.507 e. The van der Waals surface area contributed by atoms with E-state index in [1.807, 2.05) is 0 Å². The Hall–Kier alpha value is -2.82. The van der Waals surface area contributed by atoms with E-state index in [9.17, 15) is 24.9 Å². The number of aryl methyl sites for hydroxylation is 1. The Labute approximate surface area is 133 Å². The molecular formula is C18H18O5. The lowest BCUT2D eigenvalue weighted by atomic mass is 9.88. The zero-order valence-corrected chi connectivity index (χ0v) is 13.4. The van der Waals surface area contributed by atoms with Crippen molar-refractivity contribution >= 4 is 11.9 Å². The van der Waals surface area contributed by atoms with Gasteiger partial charge in [-0.25, -0.2) is 9.59 Å². The number of benzene rings is 2. The van der Waals surface area contributed by atoms with Crippen molar-refractivity contribution < 1.29 is 24.9 Å². The first-order valence-electron chi connectivity index (χ1n) is 7.07. The highest BCUT2D eigenvalue weighted by atomic mass is 16.4. The van der Waals surface area contributed by atoms with Crippen LogP contribution in [0.3, 0.4) is 0 Å². The molecule has 5 heteroatoms. The van der Waals surface area contributed by atoms with E-state index in [2.05, 4.69) is 0 Å². The van der Waals surface area contributed by atoms with Crippen LogP contribution in [0.1, 0.15) is 43.0 Å². The van der Waals surface area contributed by atoms with Crippen LogP contribution in [0, 0.1) is 27.7 Å². The van der Waals surface area contributed by atoms with E-state index in [0.29, 0.717) is 22.3 Å². The van der Waals surface area contributed by atoms with Crippen molar-refractivity contribution in [1.29, 1.82) is 0 Å². The van der Waals surface area contributed by atoms with Crippen LogP contribution in [0.25, 0.3) is 11.1 Å². The molecule has 2 rings (SSSR count). The number of phenols is 1. The van der Waals surface area contributed by atoms with Gasteiger partial charge in [0.25, 0.3) is 0 Å². The number of carboxylic acid groups (broad SMARTS) is 2. The number of aromatic carboxylic acids is 2. The third-order valence-electron chi connectivity index (χ3n) is 4.26. The summed E-state index contributed by atoms with van der Waals surface area (Å²) in [6.45, 7) is 6.80. The molecule has 0 radical (unpaired) electrons. The summed E-state index contributed by atoms with van der Waals surface area (Å²) in [6.07, 6.45) is 0. The van der Waals surface area contributed by atoms with E-state index in [1.165, 1.54) is 19.1 Å². The van der Waals surface area contributed by atoms with Gasteiger partial charge in [0.1, 0.15) is 5.75 Å². The fraction of sp³-hybridized carbons (Fsp3) is 0.222. The van der Waals surface area contributed by atoms with Crippen molar-refractivity contribution in [1.82, 2.24) is 0 Å².